The molecule has 1 N–H and O–H groups in total. The number of nitriles is 1. The Morgan fingerprint density at radius 1 is 1.14 bits per heavy atom. The van der Waals surface area contributed by atoms with Crippen molar-refractivity contribution in [3.8, 4) is 6.07 Å². The molecule has 6 nitrogen and oxygen atoms in total. The van der Waals surface area contributed by atoms with Crippen molar-refractivity contribution in [2.24, 2.45) is 0 Å². The maximum absolute atomic E-state index is 13.3. The molecule has 1 aliphatic rings. The van der Waals surface area contributed by atoms with Crippen molar-refractivity contribution in [1.29, 1.82) is 5.26 Å². The first-order valence-electron chi connectivity index (χ1n) is 11.1. The molecule has 0 aliphatic carbocycles. The lowest BCUT2D eigenvalue weighted by Gasteiger charge is -2.24. The quantitative estimate of drug-likeness (QED) is 0.418. The highest BCUT2D eigenvalue weighted by Gasteiger charge is 2.39. The van der Waals surface area contributed by atoms with Gasteiger partial charge in [-0.15, -0.1) is 0 Å². The molecule has 36 heavy (non-hydrogen) atoms. The standard InChI is InChI=1S/C26H22Cl2FN3O3S/c1-16-13-21(22(15-30)17-4-6-18(27)7-5-17)23(28)14-24(16)31-26(33)25-3-2-12-32(25)36(34,35)20-10-8-19(29)9-11-20/h4-11,13-14,22,25H,2-3,12H2,1H3,(H,31,33)/t22-,25-/m1/s1. The van der Waals surface area contributed by atoms with Gasteiger partial charge >= 0.3 is 0 Å². The van der Waals surface area contributed by atoms with Gasteiger partial charge in [0.25, 0.3) is 0 Å². The number of carbonyl (C=O) groups is 1. The van der Waals surface area contributed by atoms with E-state index in [4.69, 9.17) is 23.2 Å². The molecule has 3 aromatic carbocycles. The summed E-state index contributed by atoms with van der Waals surface area (Å²) in [4.78, 5) is 13.1. The van der Waals surface area contributed by atoms with Gasteiger partial charge in [-0.2, -0.15) is 9.57 Å². The molecule has 1 aliphatic heterocycles. The number of hydrogen-bond acceptors (Lipinski definition) is 4. The predicted molar refractivity (Wildman–Crippen MR) is 137 cm³/mol. The predicted octanol–water partition coefficient (Wildman–Crippen LogP) is 5.89. The average molecular weight is 546 g/mol. The van der Waals surface area contributed by atoms with Crippen LogP contribution in [-0.2, 0) is 14.8 Å². The molecule has 0 spiro atoms. The van der Waals surface area contributed by atoms with E-state index in [0.717, 1.165) is 22.0 Å². The average Bonchev–Trinajstić information content (AvgIpc) is 3.35. The molecule has 0 aromatic heterocycles. The molecule has 0 saturated carbocycles. The zero-order valence-electron chi connectivity index (χ0n) is 19.2. The molecule has 0 unspecified atom stereocenters. The molecule has 0 radical (unpaired) electrons. The molecule has 10 heteroatoms. The second-order valence-corrected chi connectivity index (χ2v) is 11.3. The number of anilines is 1. The molecule has 1 fully saturated rings. The van der Waals surface area contributed by atoms with Gasteiger partial charge in [-0.05, 0) is 78.9 Å². The third-order valence-corrected chi connectivity index (χ3v) is 8.67. The van der Waals surface area contributed by atoms with Gasteiger partial charge in [0.2, 0.25) is 15.9 Å². The van der Waals surface area contributed by atoms with Gasteiger partial charge in [-0.25, -0.2) is 12.8 Å². The largest absolute Gasteiger partial charge is 0.324 e. The van der Waals surface area contributed by atoms with Crippen molar-refractivity contribution in [2.75, 3.05) is 11.9 Å². The minimum absolute atomic E-state index is 0.0723. The summed E-state index contributed by atoms with van der Waals surface area (Å²) in [5, 5.41) is 13.4. The maximum Gasteiger partial charge on any atom is 0.243 e. The van der Waals surface area contributed by atoms with E-state index in [-0.39, 0.29) is 11.4 Å². The number of hydrogen-bond donors (Lipinski definition) is 1. The van der Waals surface area contributed by atoms with Crippen LogP contribution in [0.2, 0.25) is 10.0 Å². The van der Waals surface area contributed by atoms with Crippen molar-refractivity contribution in [3.05, 3.63) is 93.2 Å². The number of sulfonamides is 1. The number of benzene rings is 3. The number of halogens is 3. The molecule has 0 bridgehead atoms. The summed E-state index contributed by atoms with van der Waals surface area (Å²) < 4.78 is 40.6. The maximum atomic E-state index is 13.3. The van der Waals surface area contributed by atoms with Crippen LogP contribution in [-0.4, -0.2) is 31.2 Å². The zero-order valence-corrected chi connectivity index (χ0v) is 21.5. The van der Waals surface area contributed by atoms with E-state index in [2.05, 4.69) is 11.4 Å². The van der Waals surface area contributed by atoms with E-state index in [1.165, 1.54) is 12.1 Å². The Bertz CT molecular complexity index is 1440. The fourth-order valence-corrected chi connectivity index (χ4v) is 6.34. The highest BCUT2D eigenvalue weighted by Crippen LogP contribution is 2.35. The summed E-state index contributed by atoms with van der Waals surface area (Å²) in [6.07, 6.45) is 0.867. The summed E-state index contributed by atoms with van der Waals surface area (Å²) in [5.41, 5.74) is 2.40. The van der Waals surface area contributed by atoms with Crippen molar-refractivity contribution in [2.45, 2.75) is 36.6 Å². The fourth-order valence-electron chi connectivity index (χ4n) is 4.29. The smallest absolute Gasteiger partial charge is 0.243 e. The first-order valence-corrected chi connectivity index (χ1v) is 13.3. The molecule has 2 atom stereocenters. The van der Waals surface area contributed by atoms with Crippen LogP contribution in [0.4, 0.5) is 10.1 Å². The summed E-state index contributed by atoms with van der Waals surface area (Å²) in [6.45, 7) is 1.95. The Balaban J connectivity index is 1.57. The van der Waals surface area contributed by atoms with Gasteiger partial charge < -0.3 is 5.32 Å². The highest BCUT2D eigenvalue weighted by molar-refractivity contribution is 7.89. The zero-order chi connectivity index (χ0) is 26.0. The van der Waals surface area contributed by atoms with Gasteiger partial charge in [0.05, 0.1) is 16.9 Å². The summed E-state index contributed by atoms with van der Waals surface area (Å²) in [7, 11) is -3.98. The number of nitrogens with zero attached hydrogens (tertiary/aromatic N) is 2. The van der Waals surface area contributed by atoms with E-state index in [1.807, 2.05) is 0 Å². The van der Waals surface area contributed by atoms with Crippen LogP contribution in [0.1, 0.15) is 35.4 Å². The minimum Gasteiger partial charge on any atom is -0.324 e. The van der Waals surface area contributed by atoms with E-state index < -0.39 is 33.7 Å². The SMILES string of the molecule is Cc1cc([C@H](C#N)c2ccc(Cl)cc2)c(Cl)cc1NC(=O)[C@H]1CCCN1S(=O)(=O)c1ccc(F)cc1. The first-order chi connectivity index (χ1) is 17.1. The van der Waals surface area contributed by atoms with Gasteiger partial charge in [-0.1, -0.05) is 41.4 Å². The van der Waals surface area contributed by atoms with E-state index in [1.54, 1.807) is 43.3 Å². The molecule has 1 saturated heterocycles. The Morgan fingerprint density at radius 2 is 1.81 bits per heavy atom. The lowest BCUT2D eigenvalue weighted by molar-refractivity contribution is -0.119. The van der Waals surface area contributed by atoms with Crippen molar-refractivity contribution >= 4 is 44.8 Å². The van der Waals surface area contributed by atoms with E-state index >= 15 is 0 Å². The Kier molecular flexibility index (Phi) is 7.67. The van der Waals surface area contributed by atoms with Gasteiger partial charge in [0, 0.05) is 22.3 Å². The van der Waals surface area contributed by atoms with Crippen LogP contribution < -0.4 is 5.32 Å². The summed E-state index contributed by atoms with van der Waals surface area (Å²) >= 11 is 12.5. The van der Waals surface area contributed by atoms with Crippen LogP contribution in [0.15, 0.2) is 65.6 Å². The molecule has 4 rings (SSSR count). The summed E-state index contributed by atoms with van der Waals surface area (Å²) in [5.74, 6) is -1.67. The van der Waals surface area contributed by atoms with Crippen LogP contribution in [0.5, 0.6) is 0 Å². The van der Waals surface area contributed by atoms with Gasteiger partial charge in [-0.3, -0.25) is 4.79 Å². The number of nitrogens with one attached hydrogen (secondary N) is 1. The third kappa shape index (κ3) is 5.25. The Labute approximate surface area is 219 Å². The second-order valence-electron chi connectivity index (χ2n) is 8.52. The topological polar surface area (TPSA) is 90.3 Å². The van der Waals surface area contributed by atoms with Crippen molar-refractivity contribution in [3.63, 3.8) is 0 Å². The van der Waals surface area contributed by atoms with Crippen LogP contribution >= 0.6 is 23.2 Å². The lowest BCUT2D eigenvalue weighted by atomic mass is 9.91. The third-order valence-electron chi connectivity index (χ3n) is 6.17. The van der Waals surface area contributed by atoms with Crippen LogP contribution in [0.3, 0.4) is 0 Å². The fraction of sp³-hybridized carbons (Fsp3) is 0.231. The molecule has 1 amide bonds. The monoisotopic (exact) mass is 545 g/mol. The highest BCUT2D eigenvalue weighted by atomic mass is 35.5. The first kappa shape index (κ1) is 26.1. The number of aryl methyl sites for hydroxylation is 1. The summed E-state index contributed by atoms with van der Waals surface area (Å²) in [6, 6.07) is 16.1. The van der Waals surface area contributed by atoms with Gasteiger partial charge in [0.1, 0.15) is 11.9 Å². The number of amides is 1. The second kappa shape index (κ2) is 10.6. The normalized spacial score (nSPS) is 16.9. The minimum atomic E-state index is -3.98. The molecular formula is C26H22Cl2FN3O3S. The van der Waals surface area contributed by atoms with Gasteiger partial charge in [0.15, 0.2) is 0 Å². The Morgan fingerprint density at radius 3 is 2.44 bits per heavy atom. The van der Waals surface area contributed by atoms with Crippen LogP contribution in [0.25, 0.3) is 0 Å². The van der Waals surface area contributed by atoms with Crippen LogP contribution in [0, 0.1) is 24.1 Å². The molecule has 3 aromatic rings. The molecule has 186 valence electrons. The number of carbonyl (C=O) groups excluding carboxylic acids is 1. The van der Waals surface area contributed by atoms with E-state index in [9.17, 15) is 22.9 Å². The number of rotatable bonds is 6. The molecular weight excluding hydrogens is 524 g/mol. The van der Waals surface area contributed by atoms with Crippen molar-refractivity contribution in [1.82, 2.24) is 4.31 Å². The van der Waals surface area contributed by atoms with E-state index in [0.29, 0.717) is 39.7 Å². The lowest BCUT2D eigenvalue weighted by Crippen LogP contribution is -2.43. The Hall–Kier alpha value is -2.96. The van der Waals surface area contributed by atoms with Crippen molar-refractivity contribution < 1.29 is 17.6 Å². The molecule has 1 heterocycles.